The van der Waals surface area contributed by atoms with E-state index in [4.69, 9.17) is 29.5 Å². The molecule has 4 N–H and O–H groups in total. The molecule has 4 heterocycles. The Labute approximate surface area is 205 Å². The first-order chi connectivity index (χ1) is 16.5. The van der Waals surface area contributed by atoms with Gasteiger partial charge < -0.3 is 25.3 Å². The molecule has 10 nitrogen and oxygen atoms in total. The van der Waals surface area contributed by atoms with Crippen molar-refractivity contribution in [1.82, 2.24) is 20.2 Å². The van der Waals surface area contributed by atoms with Crippen molar-refractivity contribution in [3.63, 3.8) is 0 Å². The van der Waals surface area contributed by atoms with Gasteiger partial charge >= 0.3 is 0 Å². The number of aromatic nitrogens is 2. The van der Waals surface area contributed by atoms with Gasteiger partial charge in [0.25, 0.3) is 11.9 Å². The summed E-state index contributed by atoms with van der Waals surface area (Å²) in [5.41, 5.74) is 3.45. The number of nitrogens with one attached hydrogen (secondary N) is 2. The topological polar surface area (TPSA) is 145 Å². The molecular weight excluding hydrogens is 452 g/mol. The maximum Gasteiger partial charge on any atom is 0.300 e. The lowest BCUT2D eigenvalue weighted by atomic mass is 9.73. The Morgan fingerprint density at radius 1 is 1.23 bits per heavy atom. The molecule has 10 heteroatoms. The first-order valence-electron chi connectivity index (χ1n) is 12.0. The number of nitrogens with zero attached hydrogens (tertiary/aromatic N) is 2. The molecule has 192 valence electrons. The van der Waals surface area contributed by atoms with Gasteiger partial charge in [0, 0.05) is 65.2 Å². The van der Waals surface area contributed by atoms with E-state index in [1.807, 2.05) is 0 Å². The molecule has 1 aromatic heterocycles. The number of ether oxygens (including phenoxy) is 1. The van der Waals surface area contributed by atoms with Crippen LogP contribution in [0, 0.1) is 18.8 Å². The van der Waals surface area contributed by atoms with Gasteiger partial charge in [-0.25, -0.2) is 4.98 Å². The number of hydrogen-bond acceptors (Lipinski definition) is 6. The van der Waals surface area contributed by atoms with Crippen molar-refractivity contribution in [2.75, 3.05) is 26.2 Å². The number of aryl methyl sites for hydroxylation is 1. The summed E-state index contributed by atoms with van der Waals surface area (Å²) < 4.78 is 6.46. The van der Waals surface area contributed by atoms with Crippen LogP contribution in [0.3, 0.4) is 0 Å². The van der Waals surface area contributed by atoms with Gasteiger partial charge in [-0.3, -0.25) is 19.3 Å². The summed E-state index contributed by atoms with van der Waals surface area (Å²) in [7, 11) is 0. The number of aliphatic carboxylic acids is 2. The van der Waals surface area contributed by atoms with E-state index in [2.05, 4.69) is 40.3 Å². The zero-order valence-electron chi connectivity index (χ0n) is 20.8. The largest absolute Gasteiger partial charge is 0.481 e. The Hall–Kier alpha value is -2.98. The summed E-state index contributed by atoms with van der Waals surface area (Å²) in [5, 5.41) is 17.9. The Kier molecular flexibility index (Phi) is 8.50. The lowest BCUT2D eigenvalue weighted by Gasteiger charge is -2.29. The minimum Gasteiger partial charge on any atom is -0.481 e. The van der Waals surface area contributed by atoms with Crippen LogP contribution < -0.4 is 5.32 Å². The summed E-state index contributed by atoms with van der Waals surface area (Å²) in [6.45, 7) is 9.71. The highest BCUT2D eigenvalue weighted by atomic mass is 16.5. The van der Waals surface area contributed by atoms with Crippen molar-refractivity contribution in [2.45, 2.75) is 58.7 Å². The van der Waals surface area contributed by atoms with Crippen molar-refractivity contribution in [2.24, 2.45) is 11.8 Å². The number of carboxylic acid groups (broad SMARTS) is 2. The molecule has 5 rings (SSSR count). The molecule has 1 aromatic carbocycles. The Morgan fingerprint density at radius 2 is 1.91 bits per heavy atom. The Morgan fingerprint density at radius 3 is 2.57 bits per heavy atom. The van der Waals surface area contributed by atoms with E-state index >= 15 is 0 Å². The minimum absolute atomic E-state index is 0.0266. The summed E-state index contributed by atoms with van der Waals surface area (Å²) >= 11 is 0. The molecule has 0 radical (unpaired) electrons. The minimum atomic E-state index is -0.833. The van der Waals surface area contributed by atoms with E-state index < -0.39 is 11.9 Å². The maximum atomic E-state index is 11.3. The number of fused-ring (bicyclic) bond motifs is 2. The second kappa shape index (κ2) is 11.2. The van der Waals surface area contributed by atoms with E-state index in [1.54, 1.807) is 6.92 Å². The van der Waals surface area contributed by atoms with Gasteiger partial charge in [-0.05, 0) is 37.5 Å². The number of carboxylic acids is 2. The summed E-state index contributed by atoms with van der Waals surface area (Å²) in [4.78, 5) is 40.1. The van der Waals surface area contributed by atoms with Crippen LogP contribution >= 0.6 is 0 Å². The highest BCUT2D eigenvalue weighted by molar-refractivity contribution is 5.75. The van der Waals surface area contributed by atoms with Crippen molar-refractivity contribution < 1.29 is 29.3 Å². The average molecular weight is 489 g/mol. The molecule has 1 amide bonds. The molecule has 0 unspecified atom stereocenters. The highest BCUT2D eigenvalue weighted by Gasteiger charge is 2.62. The molecule has 2 aromatic rings. The third-order valence-corrected chi connectivity index (χ3v) is 6.79. The molecular formula is C25H36N4O6. The quantitative estimate of drug-likeness (QED) is 0.501. The van der Waals surface area contributed by atoms with E-state index in [0.29, 0.717) is 17.9 Å². The van der Waals surface area contributed by atoms with Gasteiger partial charge in [0.2, 0.25) is 5.91 Å². The second-order valence-electron chi connectivity index (χ2n) is 9.69. The fraction of sp³-hybridized carbons (Fsp3) is 0.600. The van der Waals surface area contributed by atoms with Gasteiger partial charge in [0.1, 0.15) is 5.82 Å². The number of likely N-dealkylation sites (tertiary alicyclic amines) is 1. The van der Waals surface area contributed by atoms with Crippen LogP contribution in [0.25, 0.3) is 11.0 Å². The van der Waals surface area contributed by atoms with Crippen LogP contribution in [0.5, 0.6) is 0 Å². The normalized spacial score (nSPS) is 26.3. The first kappa shape index (κ1) is 26.6. The van der Waals surface area contributed by atoms with Crippen molar-refractivity contribution >= 4 is 28.9 Å². The van der Waals surface area contributed by atoms with Crippen molar-refractivity contribution in [1.29, 1.82) is 0 Å². The standard InChI is InChI=1S/C21H28N4O2.2C2H4O2/c1-13-3-4-17-18(9-13)24-20(23-17)6-8-25-11-16-15(10-22-14(2)26)19-5-7-21(16,12-25)27-19;2*1-2(3)4/h3-4,9,15-16,19H,5-8,10-12H2,1-2H3,(H,22,26)(H,23,24);2*1H3,(H,3,4)/t15-,16+,19+,21+;;/m0../s1. The fourth-order valence-electron chi connectivity index (χ4n) is 5.55. The van der Waals surface area contributed by atoms with Crippen LogP contribution in [-0.2, 0) is 25.5 Å². The van der Waals surface area contributed by atoms with Gasteiger partial charge in [-0.1, -0.05) is 6.07 Å². The third kappa shape index (κ3) is 6.79. The highest BCUT2D eigenvalue weighted by Crippen LogP contribution is 2.54. The van der Waals surface area contributed by atoms with Crippen LogP contribution in [0.2, 0.25) is 0 Å². The van der Waals surface area contributed by atoms with Gasteiger partial charge in [-0.2, -0.15) is 0 Å². The summed E-state index contributed by atoms with van der Waals surface area (Å²) in [6.07, 6.45) is 3.57. The Bertz CT molecular complexity index is 1050. The number of carbonyl (C=O) groups excluding carboxylic acids is 1. The van der Waals surface area contributed by atoms with E-state index in [1.165, 1.54) is 12.0 Å². The van der Waals surface area contributed by atoms with Crippen molar-refractivity contribution in [3.8, 4) is 0 Å². The molecule has 1 spiro atoms. The predicted octanol–water partition coefficient (Wildman–Crippen LogP) is 2.21. The number of carbonyl (C=O) groups is 3. The van der Waals surface area contributed by atoms with Crippen LogP contribution in [-0.4, -0.2) is 80.8 Å². The number of H-pyrrole nitrogens is 1. The van der Waals surface area contributed by atoms with E-state index in [9.17, 15) is 4.79 Å². The van der Waals surface area contributed by atoms with Crippen LogP contribution in [0.15, 0.2) is 18.2 Å². The SMILES string of the molecule is CC(=O)NC[C@H]1[C@H]2CN(CCc3nc4ccc(C)cc4[nH]3)C[C@]23CC[C@H]1O3.CC(=O)O.CC(=O)O. The number of amides is 1. The third-order valence-electron chi connectivity index (χ3n) is 6.79. The molecule has 4 atom stereocenters. The zero-order chi connectivity index (χ0) is 25.8. The molecule has 0 aliphatic carbocycles. The zero-order valence-corrected chi connectivity index (χ0v) is 20.8. The summed E-state index contributed by atoms with van der Waals surface area (Å²) in [5.74, 6) is 0.454. The predicted molar refractivity (Wildman–Crippen MR) is 130 cm³/mol. The van der Waals surface area contributed by atoms with E-state index in [-0.39, 0.29) is 11.5 Å². The number of imidazole rings is 1. The van der Waals surface area contributed by atoms with Crippen molar-refractivity contribution in [3.05, 3.63) is 29.6 Å². The van der Waals surface area contributed by atoms with Gasteiger partial charge in [0.15, 0.2) is 0 Å². The first-order valence-corrected chi connectivity index (χ1v) is 12.0. The van der Waals surface area contributed by atoms with Gasteiger partial charge in [-0.15, -0.1) is 0 Å². The number of rotatable bonds is 5. The van der Waals surface area contributed by atoms with Crippen LogP contribution in [0.1, 0.15) is 45.0 Å². The lowest BCUT2D eigenvalue weighted by Crippen LogP contribution is -2.41. The molecule has 3 fully saturated rings. The number of aromatic amines is 1. The van der Waals surface area contributed by atoms with Gasteiger partial charge in [0.05, 0.1) is 22.7 Å². The maximum absolute atomic E-state index is 11.3. The number of benzene rings is 1. The average Bonchev–Trinajstić information content (AvgIpc) is 3.48. The molecule has 3 aliphatic rings. The Balaban J connectivity index is 0.000000376. The molecule has 3 aliphatic heterocycles. The summed E-state index contributed by atoms with van der Waals surface area (Å²) in [6, 6.07) is 6.35. The fourth-order valence-corrected chi connectivity index (χ4v) is 5.55. The van der Waals surface area contributed by atoms with E-state index in [0.717, 1.165) is 69.7 Å². The van der Waals surface area contributed by atoms with Crippen LogP contribution in [0.4, 0.5) is 0 Å². The lowest BCUT2D eigenvalue weighted by molar-refractivity contribution is -0.135. The molecule has 35 heavy (non-hydrogen) atoms. The number of hydrogen-bond donors (Lipinski definition) is 4. The molecule has 2 bridgehead atoms. The monoisotopic (exact) mass is 488 g/mol. The molecule has 0 saturated carbocycles. The second-order valence-corrected chi connectivity index (χ2v) is 9.69. The molecule has 3 saturated heterocycles. The smallest absolute Gasteiger partial charge is 0.300 e.